The number of amides is 2. The summed E-state index contributed by atoms with van der Waals surface area (Å²) in [6.45, 7) is 1.49. The number of methoxy groups -OCH3 is 1. The number of hydrogen-bond acceptors (Lipinski definition) is 4. The zero-order chi connectivity index (χ0) is 16.2. The predicted molar refractivity (Wildman–Crippen MR) is 90.5 cm³/mol. The van der Waals surface area contributed by atoms with Gasteiger partial charge in [0.15, 0.2) is 0 Å². The van der Waals surface area contributed by atoms with Crippen LogP contribution in [0.3, 0.4) is 0 Å². The molecule has 0 unspecified atom stereocenters. The largest absolute Gasteiger partial charge is 0.481 e. The summed E-state index contributed by atoms with van der Waals surface area (Å²) in [5, 5.41) is 2.76. The van der Waals surface area contributed by atoms with Crippen LogP contribution in [-0.2, 0) is 6.42 Å². The maximum absolute atomic E-state index is 12.2. The fourth-order valence-corrected chi connectivity index (χ4v) is 2.99. The molecule has 6 nitrogen and oxygen atoms in total. The van der Waals surface area contributed by atoms with E-state index in [0.29, 0.717) is 17.6 Å². The smallest absolute Gasteiger partial charge is 0.323 e. The maximum Gasteiger partial charge on any atom is 0.323 e. The number of nitrogens with one attached hydrogen (secondary N) is 1. The van der Waals surface area contributed by atoms with Crippen molar-refractivity contribution in [3.8, 4) is 5.88 Å². The van der Waals surface area contributed by atoms with Gasteiger partial charge in [-0.25, -0.2) is 14.8 Å². The van der Waals surface area contributed by atoms with Gasteiger partial charge in [-0.15, -0.1) is 0 Å². The molecule has 2 amide bonds. The Bertz CT molecular complexity index is 704. The van der Waals surface area contributed by atoms with Gasteiger partial charge in [0, 0.05) is 23.6 Å². The molecular weight excluding hydrogens is 360 g/mol. The van der Waals surface area contributed by atoms with Gasteiger partial charge in [-0.3, -0.25) is 5.32 Å². The summed E-state index contributed by atoms with van der Waals surface area (Å²) in [5.41, 5.74) is 1.28. The van der Waals surface area contributed by atoms with Crippen LogP contribution in [0.1, 0.15) is 5.56 Å². The number of benzene rings is 1. The van der Waals surface area contributed by atoms with Crippen LogP contribution in [0.2, 0.25) is 0 Å². The van der Waals surface area contributed by atoms with Gasteiger partial charge in [0.2, 0.25) is 5.88 Å². The average molecular weight is 377 g/mol. The molecule has 7 heteroatoms. The van der Waals surface area contributed by atoms with Crippen molar-refractivity contribution in [3.05, 3.63) is 46.7 Å². The first-order valence-electron chi connectivity index (χ1n) is 7.31. The first-order valence-corrected chi connectivity index (χ1v) is 8.10. The second-order valence-electron chi connectivity index (χ2n) is 5.44. The number of halogens is 1. The van der Waals surface area contributed by atoms with Gasteiger partial charge in [-0.05, 0) is 24.0 Å². The number of anilines is 1. The van der Waals surface area contributed by atoms with Gasteiger partial charge in [0.05, 0.1) is 7.11 Å². The lowest BCUT2D eigenvalue weighted by Crippen LogP contribution is -2.52. The third-order valence-corrected chi connectivity index (χ3v) is 4.57. The van der Waals surface area contributed by atoms with Crippen molar-refractivity contribution >= 4 is 27.8 Å². The molecule has 0 aliphatic carbocycles. The lowest BCUT2D eigenvalue weighted by molar-refractivity contribution is 0.131. The molecule has 1 fully saturated rings. The second kappa shape index (κ2) is 6.95. The van der Waals surface area contributed by atoms with E-state index in [4.69, 9.17) is 4.74 Å². The molecule has 0 saturated carbocycles. The van der Waals surface area contributed by atoms with Crippen molar-refractivity contribution in [3.63, 3.8) is 0 Å². The molecule has 1 aromatic heterocycles. The Morgan fingerprint density at radius 3 is 2.91 bits per heavy atom. The van der Waals surface area contributed by atoms with Gasteiger partial charge in [0.1, 0.15) is 12.1 Å². The molecule has 0 atom stereocenters. The molecule has 2 aromatic rings. The van der Waals surface area contributed by atoms with Crippen molar-refractivity contribution in [2.45, 2.75) is 6.42 Å². The lowest BCUT2D eigenvalue weighted by atomic mass is 9.92. The molecule has 3 rings (SSSR count). The minimum absolute atomic E-state index is 0.144. The standard InChI is InChI=1S/C16H17BrN4O2/c1-23-15-7-14(18-10-19-15)20-16(22)21-8-11(9-21)6-12-4-2-3-5-13(12)17/h2-5,7,10-11H,6,8-9H2,1H3,(H,18,19,20,22). The van der Waals surface area contributed by atoms with Crippen LogP contribution in [-0.4, -0.2) is 41.1 Å². The summed E-state index contributed by atoms with van der Waals surface area (Å²) in [6, 6.07) is 9.64. The molecule has 1 saturated heterocycles. The van der Waals surface area contributed by atoms with Crippen LogP contribution in [0.5, 0.6) is 5.88 Å². The van der Waals surface area contributed by atoms with Gasteiger partial charge in [-0.1, -0.05) is 34.1 Å². The highest BCUT2D eigenvalue weighted by Crippen LogP contribution is 2.25. The second-order valence-corrected chi connectivity index (χ2v) is 6.30. The van der Waals surface area contributed by atoms with Crippen LogP contribution in [0, 0.1) is 5.92 Å². The predicted octanol–water partition coefficient (Wildman–Crippen LogP) is 2.95. The fraction of sp³-hybridized carbons (Fsp3) is 0.312. The Balaban J connectivity index is 1.51. The SMILES string of the molecule is COc1cc(NC(=O)N2CC(Cc3ccccc3Br)C2)ncn1. The molecule has 2 heterocycles. The first-order chi connectivity index (χ1) is 11.2. The van der Waals surface area contributed by atoms with E-state index < -0.39 is 0 Å². The fourth-order valence-electron chi connectivity index (χ4n) is 2.55. The summed E-state index contributed by atoms with van der Waals surface area (Å²) in [6.07, 6.45) is 2.33. The Hall–Kier alpha value is -2.15. The molecule has 120 valence electrons. The maximum atomic E-state index is 12.2. The minimum atomic E-state index is -0.144. The number of ether oxygens (including phenoxy) is 1. The topological polar surface area (TPSA) is 67.3 Å². The summed E-state index contributed by atoms with van der Waals surface area (Å²) in [5.74, 6) is 1.35. The number of rotatable bonds is 4. The highest BCUT2D eigenvalue weighted by molar-refractivity contribution is 9.10. The molecule has 1 N–H and O–H groups in total. The molecule has 0 spiro atoms. The van der Waals surface area contributed by atoms with E-state index in [0.717, 1.165) is 24.0 Å². The highest BCUT2D eigenvalue weighted by atomic mass is 79.9. The van der Waals surface area contributed by atoms with Gasteiger partial charge in [0.25, 0.3) is 0 Å². The van der Waals surface area contributed by atoms with E-state index in [1.807, 2.05) is 18.2 Å². The monoisotopic (exact) mass is 376 g/mol. The molecular formula is C16H17BrN4O2. The van der Waals surface area contributed by atoms with Gasteiger partial charge >= 0.3 is 6.03 Å². The molecule has 1 aliphatic heterocycles. The highest BCUT2D eigenvalue weighted by Gasteiger charge is 2.31. The van der Waals surface area contributed by atoms with E-state index in [1.165, 1.54) is 19.0 Å². The molecule has 23 heavy (non-hydrogen) atoms. The number of carbonyl (C=O) groups is 1. The quantitative estimate of drug-likeness (QED) is 0.890. The van der Waals surface area contributed by atoms with E-state index in [-0.39, 0.29) is 6.03 Å². The number of likely N-dealkylation sites (tertiary alicyclic amines) is 1. The van der Waals surface area contributed by atoms with Crippen molar-refractivity contribution in [2.24, 2.45) is 5.92 Å². The van der Waals surface area contributed by atoms with E-state index in [2.05, 4.69) is 37.3 Å². The molecule has 0 bridgehead atoms. The molecule has 0 radical (unpaired) electrons. The number of hydrogen-bond donors (Lipinski definition) is 1. The zero-order valence-corrected chi connectivity index (χ0v) is 14.3. The summed E-state index contributed by atoms with van der Waals surface area (Å²) < 4.78 is 6.13. The van der Waals surface area contributed by atoms with Crippen LogP contribution in [0.25, 0.3) is 0 Å². The van der Waals surface area contributed by atoms with E-state index in [1.54, 1.807) is 11.0 Å². The molecule has 1 aliphatic rings. The lowest BCUT2D eigenvalue weighted by Gasteiger charge is -2.39. The number of urea groups is 1. The number of aromatic nitrogens is 2. The van der Waals surface area contributed by atoms with Gasteiger partial charge < -0.3 is 9.64 Å². The van der Waals surface area contributed by atoms with Crippen LogP contribution in [0.4, 0.5) is 10.6 Å². The summed E-state index contributed by atoms with van der Waals surface area (Å²) in [7, 11) is 1.52. The van der Waals surface area contributed by atoms with Crippen LogP contribution in [0.15, 0.2) is 41.1 Å². The molecule has 1 aromatic carbocycles. The van der Waals surface area contributed by atoms with Gasteiger partial charge in [-0.2, -0.15) is 0 Å². The summed E-state index contributed by atoms with van der Waals surface area (Å²) >= 11 is 3.56. The average Bonchev–Trinajstić information content (AvgIpc) is 2.52. The van der Waals surface area contributed by atoms with E-state index >= 15 is 0 Å². The minimum Gasteiger partial charge on any atom is -0.481 e. The Labute approximate surface area is 143 Å². The summed E-state index contributed by atoms with van der Waals surface area (Å²) in [4.78, 5) is 21.9. The Kier molecular flexibility index (Phi) is 4.76. The third-order valence-electron chi connectivity index (χ3n) is 3.80. The number of carbonyl (C=O) groups excluding carboxylic acids is 1. The van der Waals surface area contributed by atoms with Crippen LogP contribution >= 0.6 is 15.9 Å². The Morgan fingerprint density at radius 1 is 1.39 bits per heavy atom. The van der Waals surface area contributed by atoms with Crippen molar-refractivity contribution in [1.82, 2.24) is 14.9 Å². The van der Waals surface area contributed by atoms with Crippen molar-refractivity contribution in [2.75, 3.05) is 25.5 Å². The first kappa shape index (κ1) is 15.7. The zero-order valence-electron chi connectivity index (χ0n) is 12.7. The Morgan fingerprint density at radius 2 is 2.17 bits per heavy atom. The number of nitrogens with zero attached hydrogens (tertiary/aromatic N) is 3. The van der Waals surface area contributed by atoms with Crippen LogP contribution < -0.4 is 10.1 Å². The van der Waals surface area contributed by atoms with Crippen molar-refractivity contribution < 1.29 is 9.53 Å². The van der Waals surface area contributed by atoms with Crippen molar-refractivity contribution in [1.29, 1.82) is 0 Å². The normalized spacial score (nSPS) is 14.3. The van der Waals surface area contributed by atoms with E-state index in [9.17, 15) is 4.79 Å². The third kappa shape index (κ3) is 3.79.